The van der Waals surface area contributed by atoms with Crippen molar-refractivity contribution in [2.75, 3.05) is 49.5 Å². The minimum absolute atomic E-state index is 0.101. The molecule has 1 N–H and O–H groups in total. The number of benzene rings is 1. The van der Waals surface area contributed by atoms with Crippen LogP contribution in [0.4, 0.5) is 17.1 Å². The molecule has 9 nitrogen and oxygen atoms in total. The highest BCUT2D eigenvalue weighted by atomic mass is 35.5. The molecule has 0 spiro atoms. The number of aryl methyl sites for hydroxylation is 1. The molecule has 144 valence electrons. The zero-order chi connectivity index (χ0) is 19.4. The number of nitrogens with one attached hydrogen (secondary N) is 1. The zero-order valence-electron chi connectivity index (χ0n) is 15.0. The van der Waals surface area contributed by atoms with E-state index >= 15 is 0 Å². The minimum Gasteiger partial charge on any atom is -0.378 e. The van der Waals surface area contributed by atoms with Gasteiger partial charge in [0.05, 0.1) is 16.1 Å². The lowest BCUT2D eigenvalue weighted by Crippen LogP contribution is -2.47. The number of hydrogen-bond acceptors (Lipinski definition) is 7. The number of nitrogens with zero attached hydrogens (tertiary/aromatic N) is 5. The maximum atomic E-state index is 12.0. The first kappa shape index (κ1) is 19.1. The van der Waals surface area contributed by atoms with E-state index in [1.165, 1.54) is 23.0 Å². The van der Waals surface area contributed by atoms with Crippen LogP contribution in [-0.2, 0) is 7.05 Å². The number of hydrogen-bond donors (Lipinski definition) is 1. The van der Waals surface area contributed by atoms with Gasteiger partial charge in [-0.15, -0.1) is 0 Å². The molecular weight excluding hydrogens is 372 g/mol. The van der Waals surface area contributed by atoms with E-state index in [9.17, 15) is 14.9 Å². The number of nitro groups is 1. The van der Waals surface area contributed by atoms with E-state index in [0.717, 1.165) is 38.4 Å². The van der Waals surface area contributed by atoms with Crippen molar-refractivity contribution in [2.45, 2.75) is 0 Å². The second-order valence-corrected chi connectivity index (χ2v) is 6.73. The number of rotatable bonds is 6. The van der Waals surface area contributed by atoms with Crippen molar-refractivity contribution in [3.8, 4) is 0 Å². The van der Waals surface area contributed by atoms with Gasteiger partial charge in [0.1, 0.15) is 5.69 Å². The average Bonchev–Trinajstić information content (AvgIpc) is 2.68. The first-order valence-electron chi connectivity index (χ1n) is 8.63. The van der Waals surface area contributed by atoms with Crippen LogP contribution >= 0.6 is 11.6 Å². The molecule has 1 aliphatic heterocycles. The van der Waals surface area contributed by atoms with Gasteiger partial charge in [-0.05, 0) is 12.1 Å². The van der Waals surface area contributed by atoms with Crippen molar-refractivity contribution < 1.29 is 4.92 Å². The van der Waals surface area contributed by atoms with Crippen molar-refractivity contribution in [1.29, 1.82) is 0 Å². The highest BCUT2D eigenvalue weighted by Gasteiger charge is 2.18. The van der Waals surface area contributed by atoms with Gasteiger partial charge in [-0.1, -0.05) is 11.6 Å². The topological polar surface area (TPSA) is 96.5 Å². The summed E-state index contributed by atoms with van der Waals surface area (Å²) in [5.74, 6) is 0. The highest BCUT2D eigenvalue weighted by Crippen LogP contribution is 2.20. The lowest BCUT2D eigenvalue weighted by molar-refractivity contribution is -0.384. The summed E-state index contributed by atoms with van der Waals surface area (Å²) in [6.45, 7) is 4.83. The van der Waals surface area contributed by atoms with Gasteiger partial charge in [0.25, 0.3) is 11.2 Å². The number of non-ortho nitro benzene ring substituents is 1. The molecular formula is C17H21ClN6O3. The Kier molecular flexibility index (Phi) is 5.92. The van der Waals surface area contributed by atoms with E-state index in [1.54, 1.807) is 19.2 Å². The number of piperazine rings is 1. The fraction of sp³-hybridized carbons (Fsp3) is 0.412. The van der Waals surface area contributed by atoms with Gasteiger partial charge in [-0.25, -0.2) is 4.68 Å². The van der Waals surface area contributed by atoms with Gasteiger partial charge >= 0.3 is 0 Å². The third-order valence-electron chi connectivity index (χ3n) is 4.62. The summed E-state index contributed by atoms with van der Waals surface area (Å²) in [6.07, 6.45) is 1.45. The van der Waals surface area contributed by atoms with Gasteiger partial charge in [-0.2, -0.15) is 5.10 Å². The molecule has 3 rings (SSSR count). The first-order valence-corrected chi connectivity index (χ1v) is 9.01. The Morgan fingerprint density at radius 2 is 1.89 bits per heavy atom. The molecule has 27 heavy (non-hydrogen) atoms. The fourth-order valence-electron chi connectivity index (χ4n) is 3.03. The summed E-state index contributed by atoms with van der Waals surface area (Å²) in [5.41, 5.74) is 1.22. The first-order chi connectivity index (χ1) is 13.0. The molecule has 0 aliphatic carbocycles. The third kappa shape index (κ3) is 4.55. The molecule has 0 saturated carbocycles. The van der Waals surface area contributed by atoms with E-state index < -0.39 is 4.92 Å². The van der Waals surface area contributed by atoms with Crippen LogP contribution in [0, 0.1) is 10.1 Å². The van der Waals surface area contributed by atoms with Gasteiger partial charge in [0.2, 0.25) is 0 Å². The summed E-state index contributed by atoms with van der Waals surface area (Å²) >= 11 is 6.04. The molecule has 0 atom stereocenters. The second-order valence-electron chi connectivity index (χ2n) is 6.33. The van der Waals surface area contributed by atoms with Gasteiger partial charge in [-0.3, -0.25) is 19.8 Å². The molecule has 2 heterocycles. The maximum Gasteiger partial charge on any atom is 0.291 e. The van der Waals surface area contributed by atoms with Crippen LogP contribution in [0.1, 0.15) is 0 Å². The lowest BCUT2D eigenvalue weighted by atomic mass is 10.2. The number of nitro benzene ring substituents is 1. The normalized spacial score (nSPS) is 15.0. The Morgan fingerprint density at radius 3 is 2.52 bits per heavy atom. The van der Waals surface area contributed by atoms with E-state index in [4.69, 9.17) is 11.6 Å². The molecule has 1 saturated heterocycles. The fourth-order valence-corrected chi connectivity index (χ4v) is 3.22. The predicted octanol–water partition coefficient (Wildman–Crippen LogP) is 1.58. The van der Waals surface area contributed by atoms with E-state index in [2.05, 4.69) is 20.2 Å². The smallest absolute Gasteiger partial charge is 0.291 e. The molecule has 0 unspecified atom stereocenters. The molecule has 10 heteroatoms. The predicted molar refractivity (Wildman–Crippen MR) is 105 cm³/mol. The molecule has 0 amide bonds. The summed E-state index contributed by atoms with van der Waals surface area (Å²) < 4.78 is 1.25. The molecule has 1 aliphatic rings. The molecule has 1 fully saturated rings. The molecule has 2 aromatic rings. The quantitative estimate of drug-likeness (QED) is 0.588. The van der Waals surface area contributed by atoms with Gasteiger partial charge in [0, 0.05) is 64.1 Å². The Balaban J connectivity index is 1.48. The van der Waals surface area contributed by atoms with E-state index in [1.807, 2.05) is 0 Å². The third-order valence-corrected chi connectivity index (χ3v) is 4.91. The molecule has 1 aromatic carbocycles. The Hall–Kier alpha value is -2.65. The van der Waals surface area contributed by atoms with E-state index in [0.29, 0.717) is 17.3 Å². The van der Waals surface area contributed by atoms with Crippen LogP contribution in [0.15, 0.2) is 35.3 Å². The van der Waals surface area contributed by atoms with Crippen LogP contribution in [0.2, 0.25) is 5.02 Å². The number of halogens is 1. The summed E-state index contributed by atoms with van der Waals surface area (Å²) in [7, 11) is 1.58. The largest absolute Gasteiger partial charge is 0.378 e. The van der Waals surface area contributed by atoms with Crippen LogP contribution < -0.4 is 15.8 Å². The SMILES string of the molecule is Cn1ncc(Cl)c(NCCN2CCN(c3ccc([N+](=O)[O-])cc3)CC2)c1=O. The standard InChI is InChI=1S/C17H21ClN6O3/c1-21-17(25)16(15(18)12-20-21)19-6-7-22-8-10-23(11-9-22)13-2-4-14(5-3-13)24(26)27/h2-5,12,19H,6-11H2,1H3. The van der Waals surface area contributed by atoms with Crippen molar-refractivity contribution in [2.24, 2.45) is 7.05 Å². The van der Waals surface area contributed by atoms with Crippen LogP contribution in [0.3, 0.4) is 0 Å². The minimum atomic E-state index is -0.392. The monoisotopic (exact) mass is 392 g/mol. The van der Waals surface area contributed by atoms with Crippen molar-refractivity contribution in [3.05, 3.63) is 56.0 Å². The summed E-state index contributed by atoms with van der Waals surface area (Å²) in [5, 5.41) is 18.0. The van der Waals surface area contributed by atoms with Crippen LogP contribution in [-0.4, -0.2) is 58.9 Å². The highest BCUT2D eigenvalue weighted by molar-refractivity contribution is 6.32. The molecule has 0 radical (unpaired) electrons. The van der Waals surface area contributed by atoms with Gasteiger partial charge in [0.15, 0.2) is 0 Å². The molecule has 1 aromatic heterocycles. The summed E-state index contributed by atoms with van der Waals surface area (Å²) in [6, 6.07) is 6.64. The maximum absolute atomic E-state index is 12.0. The second kappa shape index (κ2) is 8.36. The van der Waals surface area contributed by atoms with Crippen molar-refractivity contribution >= 4 is 28.7 Å². The van der Waals surface area contributed by atoms with Crippen molar-refractivity contribution in [1.82, 2.24) is 14.7 Å². The van der Waals surface area contributed by atoms with E-state index in [-0.39, 0.29) is 11.2 Å². The zero-order valence-corrected chi connectivity index (χ0v) is 15.7. The lowest BCUT2D eigenvalue weighted by Gasteiger charge is -2.36. The molecule has 0 bridgehead atoms. The van der Waals surface area contributed by atoms with Crippen molar-refractivity contribution in [3.63, 3.8) is 0 Å². The Labute approximate surface area is 161 Å². The van der Waals surface area contributed by atoms with Gasteiger partial charge < -0.3 is 10.2 Å². The summed E-state index contributed by atoms with van der Waals surface area (Å²) in [4.78, 5) is 26.9. The van der Waals surface area contributed by atoms with Crippen LogP contribution in [0.25, 0.3) is 0 Å². The average molecular weight is 393 g/mol. The Bertz CT molecular complexity index is 862. The Morgan fingerprint density at radius 1 is 1.22 bits per heavy atom. The number of aromatic nitrogens is 2. The van der Waals surface area contributed by atoms with Crippen LogP contribution in [0.5, 0.6) is 0 Å². The number of anilines is 2.